The third-order valence-corrected chi connectivity index (χ3v) is 5.34. The smallest absolute Gasteiger partial charge is 0.338 e. The van der Waals surface area contributed by atoms with Gasteiger partial charge in [0.2, 0.25) is 0 Å². The first-order valence-corrected chi connectivity index (χ1v) is 9.72. The highest BCUT2D eigenvalue weighted by Gasteiger charge is 2.54. The van der Waals surface area contributed by atoms with Gasteiger partial charge in [-0.15, -0.1) is 5.92 Å². The van der Waals surface area contributed by atoms with E-state index in [1.54, 1.807) is 24.3 Å². The van der Waals surface area contributed by atoms with Crippen LogP contribution in [0.25, 0.3) is 0 Å². The van der Waals surface area contributed by atoms with Gasteiger partial charge in [0.05, 0.1) is 12.0 Å². The molecule has 5 heteroatoms. The van der Waals surface area contributed by atoms with E-state index in [0.29, 0.717) is 12.0 Å². The highest BCUT2D eigenvalue weighted by Crippen LogP contribution is 2.44. The summed E-state index contributed by atoms with van der Waals surface area (Å²) in [5.74, 6) is 4.67. The van der Waals surface area contributed by atoms with Crippen molar-refractivity contribution in [3.63, 3.8) is 0 Å². The van der Waals surface area contributed by atoms with Gasteiger partial charge in [0.1, 0.15) is 18.3 Å². The van der Waals surface area contributed by atoms with Crippen molar-refractivity contribution >= 4 is 11.9 Å². The number of hydrogen-bond acceptors (Lipinski definition) is 5. The summed E-state index contributed by atoms with van der Waals surface area (Å²) >= 11 is 0. The van der Waals surface area contributed by atoms with Crippen LogP contribution in [0.4, 0.5) is 0 Å². The van der Waals surface area contributed by atoms with E-state index in [0.717, 1.165) is 25.7 Å². The third kappa shape index (κ3) is 4.70. The Kier molecular flexibility index (Phi) is 6.52. The molecule has 0 unspecified atom stereocenters. The molecule has 5 atom stereocenters. The average molecular weight is 370 g/mol. The Morgan fingerprint density at radius 3 is 2.85 bits per heavy atom. The van der Waals surface area contributed by atoms with Gasteiger partial charge in [-0.1, -0.05) is 43.9 Å². The summed E-state index contributed by atoms with van der Waals surface area (Å²) in [6.45, 7) is 2.13. The molecule has 0 bridgehead atoms. The lowest BCUT2D eigenvalue weighted by Crippen LogP contribution is -2.34. The SMILES string of the molecule is CCCCCC#C[C@H](O)[C@@H]1[C@H]2CC(=O)O[C@H]2C[C@H]1OC(=O)c1ccccc1. The Hall–Kier alpha value is -2.32. The van der Waals surface area contributed by atoms with E-state index in [-0.39, 0.29) is 24.4 Å². The predicted octanol–water partition coefficient (Wildman–Crippen LogP) is 3.11. The summed E-state index contributed by atoms with van der Waals surface area (Å²) in [6.07, 6.45) is 2.85. The molecule has 0 aromatic heterocycles. The van der Waals surface area contributed by atoms with Crippen LogP contribution >= 0.6 is 0 Å². The van der Waals surface area contributed by atoms with Crippen molar-refractivity contribution in [3.05, 3.63) is 35.9 Å². The number of fused-ring (bicyclic) bond motifs is 1. The summed E-state index contributed by atoms with van der Waals surface area (Å²) in [7, 11) is 0. The van der Waals surface area contributed by atoms with Gasteiger partial charge in [0, 0.05) is 24.7 Å². The van der Waals surface area contributed by atoms with Gasteiger partial charge in [0.25, 0.3) is 0 Å². The number of carbonyl (C=O) groups is 2. The van der Waals surface area contributed by atoms with E-state index in [1.165, 1.54) is 0 Å². The van der Waals surface area contributed by atoms with E-state index < -0.39 is 24.1 Å². The lowest BCUT2D eigenvalue weighted by molar-refractivity contribution is -0.141. The number of hydrogen-bond donors (Lipinski definition) is 1. The number of aliphatic hydroxyl groups is 1. The van der Waals surface area contributed by atoms with Crippen molar-refractivity contribution < 1.29 is 24.2 Å². The van der Waals surface area contributed by atoms with Gasteiger partial charge in [0.15, 0.2) is 0 Å². The van der Waals surface area contributed by atoms with E-state index in [2.05, 4.69) is 18.8 Å². The quantitative estimate of drug-likeness (QED) is 0.473. The van der Waals surface area contributed by atoms with Crippen molar-refractivity contribution in [2.24, 2.45) is 11.8 Å². The molecule has 0 amide bonds. The number of ether oxygens (including phenoxy) is 2. The van der Waals surface area contributed by atoms with E-state index in [1.807, 2.05) is 6.07 Å². The zero-order valence-corrected chi connectivity index (χ0v) is 15.6. The molecule has 0 spiro atoms. The van der Waals surface area contributed by atoms with Gasteiger partial charge in [-0.25, -0.2) is 4.79 Å². The molecule has 2 aliphatic rings. The maximum atomic E-state index is 12.4. The number of benzene rings is 1. The summed E-state index contributed by atoms with van der Waals surface area (Å²) < 4.78 is 11.0. The summed E-state index contributed by atoms with van der Waals surface area (Å²) in [6, 6.07) is 8.76. The second-order valence-electron chi connectivity index (χ2n) is 7.24. The molecule has 1 saturated heterocycles. The molecule has 144 valence electrons. The molecule has 3 rings (SSSR count). The lowest BCUT2D eigenvalue weighted by atomic mass is 9.87. The molecule has 1 N–H and O–H groups in total. The van der Waals surface area contributed by atoms with E-state index >= 15 is 0 Å². The molecule has 1 aliphatic carbocycles. The van der Waals surface area contributed by atoms with Crippen LogP contribution in [0.1, 0.15) is 55.8 Å². The maximum absolute atomic E-state index is 12.4. The molecule has 1 aromatic carbocycles. The van der Waals surface area contributed by atoms with Crippen molar-refractivity contribution in [2.75, 3.05) is 0 Å². The van der Waals surface area contributed by atoms with Crippen molar-refractivity contribution in [2.45, 2.75) is 63.8 Å². The topological polar surface area (TPSA) is 72.8 Å². The van der Waals surface area contributed by atoms with E-state index in [9.17, 15) is 14.7 Å². The van der Waals surface area contributed by atoms with E-state index in [4.69, 9.17) is 9.47 Å². The molecule has 1 heterocycles. The fourth-order valence-electron chi connectivity index (χ4n) is 3.98. The van der Waals surface area contributed by atoms with Crippen molar-refractivity contribution in [3.8, 4) is 11.8 Å². The zero-order chi connectivity index (χ0) is 19.2. The lowest BCUT2D eigenvalue weighted by Gasteiger charge is -2.24. The van der Waals surface area contributed by atoms with Crippen LogP contribution in [-0.2, 0) is 14.3 Å². The standard InChI is InChI=1S/C22H26O5/c1-2-3-4-5-9-12-17(23)21-16-13-20(24)26-18(16)14-19(21)27-22(25)15-10-7-6-8-11-15/h6-8,10-11,16-19,21,23H,2-5,13-14H2,1H3/t16-,17-,18-,19+,21-/m0/s1. The number of aliphatic hydroxyl groups excluding tert-OH is 1. The van der Waals surface area contributed by atoms with Gasteiger partial charge < -0.3 is 14.6 Å². The van der Waals surface area contributed by atoms with Crippen LogP contribution in [0.15, 0.2) is 30.3 Å². The summed E-state index contributed by atoms with van der Waals surface area (Å²) in [4.78, 5) is 24.1. The first-order valence-electron chi connectivity index (χ1n) is 9.72. The van der Waals surface area contributed by atoms with Gasteiger partial charge in [-0.2, -0.15) is 0 Å². The maximum Gasteiger partial charge on any atom is 0.338 e. The normalized spacial score (nSPS) is 27.3. The third-order valence-electron chi connectivity index (χ3n) is 5.34. The minimum atomic E-state index is -0.940. The Morgan fingerprint density at radius 1 is 1.33 bits per heavy atom. The van der Waals surface area contributed by atoms with Crippen LogP contribution in [0, 0.1) is 23.7 Å². The molecule has 1 saturated carbocycles. The van der Waals surface area contributed by atoms with Crippen LogP contribution in [0.5, 0.6) is 0 Å². The first-order chi connectivity index (χ1) is 13.1. The molecule has 0 radical (unpaired) electrons. The minimum Gasteiger partial charge on any atom is -0.462 e. The second kappa shape index (κ2) is 9.05. The first kappa shape index (κ1) is 19.4. The molecule has 2 fully saturated rings. The van der Waals surface area contributed by atoms with Gasteiger partial charge in [-0.3, -0.25) is 4.79 Å². The largest absolute Gasteiger partial charge is 0.462 e. The van der Waals surface area contributed by atoms with Crippen LogP contribution in [-0.4, -0.2) is 35.4 Å². The highest BCUT2D eigenvalue weighted by molar-refractivity contribution is 5.89. The molecule has 1 aromatic rings. The zero-order valence-electron chi connectivity index (χ0n) is 15.6. The Balaban J connectivity index is 1.70. The molecule has 1 aliphatic heterocycles. The second-order valence-corrected chi connectivity index (χ2v) is 7.24. The van der Waals surface area contributed by atoms with Crippen molar-refractivity contribution in [1.29, 1.82) is 0 Å². The Morgan fingerprint density at radius 2 is 2.11 bits per heavy atom. The average Bonchev–Trinajstić information content (AvgIpc) is 3.17. The van der Waals surface area contributed by atoms with Gasteiger partial charge in [-0.05, 0) is 18.6 Å². The molecule has 27 heavy (non-hydrogen) atoms. The monoisotopic (exact) mass is 370 g/mol. The number of esters is 2. The fraction of sp³-hybridized carbons (Fsp3) is 0.545. The summed E-state index contributed by atoms with van der Waals surface area (Å²) in [5.41, 5.74) is 0.463. The predicted molar refractivity (Wildman–Crippen MR) is 99.7 cm³/mol. The summed E-state index contributed by atoms with van der Waals surface area (Å²) in [5, 5.41) is 10.7. The van der Waals surface area contributed by atoms with Crippen molar-refractivity contribution in [1.82, 2.24) is 0 Å². The van der Waals surface area contributed by atoms with Crippen LogP contribution in [0.2, 0.25) is 0 Å². The highest BCUT2D eigenvalue weighted by atomic mass is 16.6. The van der Waals surface area contributed by atoms with Crippen LogP contribution in [0.3, 0.4) is 0 Å². The molecule has 5 nitrogen and oxygen atoms in total. The minimum absolute atomic E-state index is 0.161. The number of rotatable bonds is 6. The Bertz CT molecular complexity index is 717. The number of unbranched alkanes of at least 4 members (excludes halogenated alkanes) is 3. The van der Waals surface area contributed by atoms with Crippen LogP contribution < -0.4 is 0 Å². The number of carbonyl (C=O) groups excluding carboxylic acids is 2. The molecular formula is C22H26O5. The fourth-order valence-corrected chi connectivity index (χ4v) is 3.98. The van der Waals surface area contributed by atoms with Gasteiger partial charge >= 0.3 is 11.9 Å². The Labute approximate surface area is 160 Å². The molecular weight excluding hydrogens is 344 g/mol.